The first kappa shape index (κ1) is 12.8. The number of halogens is 2. The Morgan fingerprint density at radius 3 is 3.06 bits per heavy atom. The summed E-state index contributed by atoms with van der Waals surface area (Å²) in [7, 11) is 0. The van der Waals surface area contributed by atoms with Crippen molar-refractivity contribution in [3.05, 3.63) is 29.0 Å². The van der Waals surface area contributed by atoms with E-state index in [9.17, 15) is 4.79 Å². The highest BCUT2D eigenvalue weighted by Gasteiger charge is 2.28. The van der Waals surface area contributed by atoms with Crippen LogP contribution in [-0.4, -0.2) is 33.7 Å². The van der Waals surface area contributed by atoms with E-state index in [1.54, 1.807) is 12.3 Å². The SMILES string of the molecule is CC1CN(C(=O)c2ccncc2Cl)CCC1Br. The van der Waals surface area contributed by atoms with Crippen LogP contribution >= 0.6 is 27.5 Å². The molecular formula is C12H14BrClN2O. The number of likely N-dealkylation sites (tertiary alicyclic amines) is 1. The lowest BCUT2D eigenvalue weighted by molar-refractivity contribution is 0.0690. The molecule has 1 saturated heterocycles. The predicted octanol–water partition coefficient (Wildman–Crippen LogP) is 2.98. The summed E-state index contributed by atoms with van der Waals surface area (Å²) in [5.41, 5.74) is 0.543. The van der Waals surface area contributed by atoms with Gasteiger partial charge >= 0.3 is 0 Å². The van der Waals surface area contributed by atoms with Crippen LogP contribution in [0.3, 0.4) is 0 Å². The quantitative estimate of drug-likeness (QED) is 0.746. The first-order valence-corrected chi connectivity index (χ1v) is 6.92. The highest BCUT2D eigenvalue weighted by molar-refractivity contribution is 9.09. The summed E-state index contributed by atoms with van der Waals surface area (Å²) in [6.07, 6.45) is 4.09. The topological polar surface area (TPSA) is 33.2 Å². The van der Waals surface area contributed by atoms with Crippen molar-refractivity contribution in [2.45, 2.75) is 18.2 Å². The Hall–Kier alpha value is -0.610. The van der Waals surface area contributed by atoms with Gasteiger partial charge in [0.15, 0.2) is 0 Å². The Morgan fingerprint density at radius 2 is 2.41 bits per heavy atom. The average Bonchev–Trinajstić information content (AvgIpc) is 2.32. The molecule has 1 amide bonds. The Labute approximate surface area is 114 Å². The molecule has 17 heavy (non-hydrogen) atoms. The number of hydrogen-bond acceptors (Lipinski definition) is 2. The van der Waals surface area contributed by atoms with Crippen LogP contribution in [0.25, 0.3) is 0 Å². The third-order valence-corrected chi connectivity index (χ3v) is 4.75. The van der Waals surface area contributed by atoms with E-state index in [4.69, 9.17) is 11.6 Å². The van der Waals surface area contributed by atoms with Crippen molar-refractivity contribution >= 4 is 33.4 Å². The van der Waals surface area contributed by atoms with Crippen LogP contribution in [-0.2, 0) is 0 Å². The van der Waals surface area contributed by atoms with E-state index in [1.807, 2.05) is 4.90 Å². The predicted molar refractivity (Wildman–Crippen MR) is 71.6 cm³/mol. The first-order valence-electron chi connectivity index (χ1n) is 5.62. The van der Waals surface area contributed by atoms with E-state index >= 15 is 0 Å². The second-order valence-electron chi connectivity index (χ2n) is 4.39. The molecule has 1 aromatic rings. The van der Waals surface area contributed by atoms with Gasteiger partial charge in [-0.1, -0.05) is 34.5 Å². The van der Waals surface area contributed by atoms with Gasteiger partial charge in [0.2, 0.25) is 0 Å². The lowest BCUT2D eigenvalue weighted by Gasteiger charge is -2.34. The molecule has 0 bridgehead atoms. The summed E-state index contributed by atoms with van der Waals surface area (Å²) in [6, 6.07) is 1.68. The summed E-state index contributed by atoms with van der Waals surface area (Å²) in [4.78, 5) is 18.5. The van der Waals surface area contributed by atoms with Crippen LogP contribution in [0.1, 0.15) is 23.7 Å². The van der Waals surface area contributed by atoms with Gasteiger partial charge in [-0.15, -0.1) is 0 Å². The van der Waals surface area contributed by atoms with E-state index in [-0.39, 0.29) is 5.91 Å². The van der Waals surface area contributed by atoms with Gasteiger partial charge in [0, 0.05) is 30.3 Å². The third-order valence-electron chi connectivity index (χ3n) is 3.09. The first-order chi connectivity index (χ1) is 8.09. The molecule has 2 unspecified atom stereocenters. The maximum atomic E-state index is 12.3. The number of carbonyl (C=O) groups is 1. The molecule has 5 heteroatoms. The van der Waals surface area contributed by atoms with Gasteiger partial charge in [-0.2, -0.15) is 0 Å². The number of carbonyl (C=O) groups excluding carboxylic acids is 1. The molecule has 1 fully saturated rings. The summed E-state index contributed by atoms with van der Waals surface area (Å²) in [5.74, 6) is 0.469. The zero-order chi connectivity index (χ0) is 12.4. The van der Waals surface area contributed by atoms with Gasteiger partial charge in [0.1, 0.15) is 0 Å². The smallest absolute Gasteiger partial charge is 0.255 e. The van der Waals surface area contributed by atoms with Crippen molar-refractivity contribution in [1.82, 2.24) is 9.88 Å². The zero-order valence-electron chi connectivity index (χ0n) is 9.57. The molecule has 0 radical (unpaired) electrons. The molecule has 0 saturated carbocycles. The summed E-state index contributed by atoms with van der Waals surface area (Å²) in [5, 5.41) is 0.422. The largest absolute Gasteiger partial charge is 0.338 e. The monoisotopic (exact) mass is 316 g/mol. The van der Waals surface area contributed by atoms with Crippen molar-refractivity contribution in [3.63, 3.8) is 0 Å². The van der Waals surface area contributed by atoms with Gasteiger partial charge < -0.3 is 4.90 Å². The van der Waals surface area contributed by atoms with Crippen LogP contribution in [0, 0.1) is 5.92 Å². The van der Waals surface area contributed by atoms with Crippen molar-refractivity contribution in [2.75, 3.05) is 13.1 Å². The standard InChI is InChI=1S/C12H14BrClN2O/c1-8-7-16(5-3-10(8)13)12(17)9-2-4-15-6-11(9)14/h2,4,6,8,10H,3,5,7H2,1H3. The number of alkyl halides is 1. The molecule has 1 aromatic heterocycles. The number of nitrogens with zero attached hydrogens (tertiary/aromatic N) is 2. The van der Waals surface area contributed by atoms with Gasteiger partial charge in [0.25, 0.3) is 5.91 Å². The molecule has 0 spiro atoms. The van der Waals surface area contributed by atoms with Crippen LogP contribution in [0.15, 0.2) is 18.5 Å². The summed E-state index contributed by atoms with van der Waals surface area (Å²) >= 11 is 9.61. The zero-order valence-corrected chi connectivity index (χ0v) is 11.9. The van der Waals surface area contributed by atoms with E-state index in [0.717, 1.165) is 19.5 Å². The number of amides is 1. The molecular weight excluding hydrogens is 304 g/mol. The minimum atomic E-state index is 0.00338. The van der Waals surface area contributed by atoms with E-state index < -0.39 is 0 Å². The Bertz CT molecular complexity index is 427. The molecule has 0 aliphatic carbocycles. The third kappa shape index (κ3) is 2.80. The fourth-order valence-corrected chi connectivity index (χ4v) is 2.59. The van der Waals surface area contributed by atoms with E-state index in [1.165, 1.54) is 6.20 Å². The highest BCUT2D eigenvalue weighted by atomic mass is 79.9. The number of hydrogen-bond donors (Lipinski definition) is 0. The summed E-state index contributed by atoms with van der Waals surface area (Å²) < 4.78 is 0. The van der Waals surface area contributed by atoms with Crippen LogP contribution in [0.4, 0.5) is 0 Å². The second kappa shape index (κ2) is 5.36. The Balaban J connectivity index is 2.14. The Morgan fingerprint density at radius 1 is 1.65 bits per heavy atom. The fraction of sp³-hybridized carbons (Fsp3) is 0.500. The molecule has 1 aliphatic rings. The van der Waals surface area contributed by atoms with Crippen molar-refractivity contribution in [3.8, 4) is 0 Å². The molecule has 2 heterocycles. The maximum absolute atomic E-state index is 12.3. The fourth-order valence-electron chi connectivity index (χ4n) is 2.02. The molecule has 0 N–H and O–H groups in total. The minimum Gasteiger partial charge on any atom is -0.338 e. The van der Waals surface area contributed by atoms with Gasteiger partial charge in [-0.05, 0) is 18.4 Å². The average molecular weight is 318 g/mol. The number of rotatable bonds is 1. The lowest BCUT2D eigenvalue weighted by atomic mass is 9.99. The molecule has 3 nitrogen and oxygen atoms in total. The molecule has 1 aliphatic heterocycles. The highest BCUT2D eigenvalue weighted by Crippen LogP contribution is 2.25. The maximum Gasteiger partial charge on any atom is 0.255 e. The number of aromatic nitrogens is 1. The van der Waals surface area contributed by atoms with E-state index in [2.05, 4.69) is 27.8 Å². The van der Waals surface area contributed by atoms with Crippen LogP contribution < -0.4 is 0 Å². The van der Waals surface area contributed by atoms with E-state index in [0.29, 0.717) is 21.3 Å². The normalized spacial score (nSPS) is 24.8. The molecule has 0 aromatic carbocycles. The molecule has 92 valence electrons. The molecule has 2 rings (SSSR count). The number of piperidine rings is 1. The van der Waals surface area contributed by atoms with Crippen molar-refractivity contribution < 1.29 is 4.79 Å². The molecule has 2 atom stereocenters. The van der Waals surface area contributed by atoms with Crippen molar-refractivity contribution in [1.29, 1.82) is 0 Å². The van der Waals surface area contributed by atoms with Gasteiger partial charge in [-0.25, -0.2) is 0 Å². The van der Waals surface area contributed by atoms with Gasteiger partial charge in [0.05, 0.1) is 10.6 Å². The van der Waals surface area contributed by atoms with Crippen molar-refractivity contribution in [2.24, 2.45) is 5.92 Å². The Kier molecular flexibility index (Phi) is 4.05. The van der Waals surface area contributed by atoms with Gasteiger partial charge in [-0.3, -0.25) is 9.78 Å². The number of pyridine rings is 1. The second-order valence-corrected chi connectivity index (χ2v) is 5.97. The lowest BCUT2D eigenvalue weighted by Crippen LogP contribution is -2.43. The minimum absolute atomic E-state index is 0.00338. The summed E-state index contributed by atoms with van der Waals surface area (Å²) in [6.45, 7) is 3.69. The van der Waals surface area contributed by atoms with Crippen LogP contribution in [0.2, 0.25) is 5.02 Å². The van der Waals surface area contributed by atoms with Crippen LogP contribution in [0.5, 0.6) is 0 Å².